The Bertz CT molecular complexity index is 379. The number of nitrogens with one attached hydrogen (secondary N) is 1. The van der Waals surface area contributed by atoms with Crippen LogP contribution < -0.4 is 5.32 Å². The lowest BCUT2D eigenvalue weighted by molar-refractivity contribution is 0.196. The molecule has 2 saturated heterocycles. The fraction of sp³-hybridized carbons (Fsp3) is 0.545. The molecule has 16 heavy (non-hydrogen) atoms. The lowest BCUT2D eigenvalue weighted by Gasteiger charge is -2.26. The van der Waals surface area contributed by atoms with Crippen molar-refractivity contribution in [3.8, 4) is 0 Å². The molecule has 2 aliphatic rings. The van der Waals surface area contributed by atoms with E-state index in [0.717, 1.165) is 12.3 Å². The van der Waals surface area contributed by atoms with Crippen molar-refractivity contribution in [2.75, 3.05) is 12.3 Å². The van der Waals surface area contributed by atoms with Crippen molar-refractivity contribution >= 4 is 29.1 Å². The summed E-state index contributed by atoms with van der Waals surface area (Å²) in [6.45, 7) is 1.60. The quantitative estimate of drug-likeness (QED) is 0.877. The Hall–Kier alpha value is -0.680. The molecule has 0 aliphatic carbocycles. The third-order valence-electron chi connectivity index (χ3n) is 3.16. The molecule has 5 heteroatoms. The van der Waals surface area contributed by atoms with Crippen molar-refractivity contribution in [1.82, 2.24) is 10.2 Å². The minimum atomic E-state index is 0.112. The first-order valence-corrected chi connectivity index (χ1v) is 7.44. The number of hydrogen-bond acceptors (Lipinski definition) is 3. The summed E-state index contributed by atoms with van der Waals surface area (Å²) in [7, 11) is 0. The molecule has 2 bridgehead atoms. The lowest BCUT2D eigenvalue weighted by atomic mass is 10.2. The predicted molar refractivity (Wildman–Crippen MR) is 67.9 cm³/mol. The van der Waals surface area contributed by atoms with Crippen LogP contribution in [0.15, 0.2) is 17.5 Å². The van der Waals surface area contributed by atoms with Crippen molar-refractivity contribution in [3.05, 3.63) is 22.4 Å². The van der Waals surface area contributed by atoms with E-state index in [1.807, 2.05) is 28.1 Å². The fourth-order valence-corrected chi connectivity index (χ4v) is 4.40. The molecule has 3 nitrogen and oxygen atoms in total. The zero-order chi connectivity index (χ0) is 11.0. The van der Waals surface area contributed by atoms with Crippen molar-refractivity contribution < 1.29 is 4.79 Å². The topological polar surface area (TPSA) is 32.3 Å². The molecule has 0 saturated carbocycles. The first-order chi connectivity index (χ1) is 7.83. The minimum Gasteiger partial charge on any atom is -0.333 e. The molecule has 2 atom stereocenters. The van der Waals surface area contributed by atoms with Crippen LogP contribution in [0.2, 0.25) is 0 Å². The van der Waals surface area contributed by atoms with Crippen LogP contribution in [0, 0.1) is 0 Å². The average Bonchev–Trinajstić information content (AvgIpc) is 3.01. The first kappa shape index (κ1) is 10.5. The van der Waals surface area contributed by atoms with Gasteiger partial charge in [-0.2, -0.15) is 11.8 Å². The highest BCUT2D eigenvalue weighted by Gasteiger charge is 2.40. The second-order valence-corrected chi connectivity index (χ2v) is 6.60. The zero-order valence-corrected chi connectivity index (χ0v) is 10.5. The number of likely N-dealkylation sites (tertiary alicyclic amines) is 1. The summed E-state index contributed by atoms with van der Waals surface area (Å²) in [6, 6.07) is 4.66. The Morgan fingerprint density at radius 3 is 3.19 bits per heavy atom. The molecule has 0 aromatic carbocycles. The van der Waals surface area contributed by atoms with Gasteiger partial charge in [-0.1, -0.05) is 6.07 Å². The van der Waals surface area contributed by atoms with Crippen molar-refractivity contribution in [3.63, 3.8) is 0 Å². The SMILES string of the molecule is O=C(NCc1cccs1)N1CC2CC1CS2. The van der Waals surface area contributed by atoms with Gasteiger partial charge < -0.3 is 10.2 Å². The number of thioether (sulfide) groups is 1. The number of thiophene rings is 1. The fourth-order valence-electron chi connectivity index (χ4n) is 2.33. The van der Waals surface area contributed by atoms with E-state index >= 15 is 0 Å². The Labute approximate surface area is 103 Å². The van der Waals surface area contributed by atoms with Crippen LogP contribution in [0.1, 0.15) is 11.3 Å². The van der Waals surface area contributed by atoms with Crippen molar-refractivity contribution in [2.24, 2.45) is 0 Å². The van der Waals surface area contributed by atoms with Crippen LogP contribution in [-0.4, -0.2) is 34.5 Å². The van der Waals surface area contributed by atoms with E-state index in [9.17, 15) is 4.79 Å². The molecule has 1 aromatic rings. The maximum Gasteiger partial charge on any atom is 0.318 e. The molecule has 3 rings (SSSR count). The lowest BCUT2D eigenvalue weighted by Crippen LogP contribution is -2.45. The Kier molecular flexibility index (Phi) is 2.81. The standard InChI is InChI=1S/C11H14N2OS2/c14-11(12-5-9-2-1-3-15-9)13-6-10-4-8(13)7-16-10/h1-3,8,10H,4-7H2,(H,12,14). The Morgan fingerprint density at radius 2 is 2.56 bits per heavy atom. The number of carbonyl (C=O) groups excluding carboxylic acids is 1. The van der Waals surface area contributed by atoms with Crippen LogP contribution in [0.25, 0.3) is 0 Å². The van der Waals surface area contributed by atoms with Crippen molar-refractivity contribution in [2.45, 2.75) is 24.3 Å². The number of rotatable bonds is 2. The molecule has 2 unspecified atom stereocenters. The van der Waals surface area contributed by atoms with Crippen LogP contribution in [0.5, 0.6) is 0 Å². The summed E-state index contributed by atoms with van der Waals surface area (Å²) in [6.07, 6.45) is 1.19. The smallest absolute Gasteiger partial charge is 0.318 e. The molecular weight excluding hydrogens is 240 g/mol. The summed E-state index contributed by atoms with van der Waals surface area (Å²) in [4.78, 5) is 15.2. The second kappa shape index (κ2) is 4.30. The van der Waals surface area contributed by atoms with Gasteiger partial charge in [-0.15, -0.1) is 11.3 Å². The normalized spacial score (nSPS) is 27.4. The molecule has 3 heterocycles. The number of hydrogen-bond donors (Lipinski definition) is 1. The highest BCUT2D eigenvalue weighted by molar-refractivity contribution is 8.00. The maximum absolute atomic E-state index is 11.9. The molecule has 2 amide bonds. The van der Waals surface area contributed by atoms with E-state index in [2.05, 4.69) is 11.4 Å². The highest BCUT2D eigenvalue weighted by Crippen LogP contribution is 2.37. The molecule has 1 aromatic heterocycles. The molecule has 0 spiro atoms. The van der Waals surface area contributed by atoms with Gasteiger partial charge in [0.1, 0.15) is 0 Å². The van der Waals surface area contributed by atoms with Crippen molar-refractivity contribution in [1.29, 1.82) is 0 Å². The maximum atomic E-state index is 11.9. The summed E-state index contributed by atoms with van der Waals surface area (Å²) < 4.78 is 0. The molecule has 86 valence electrons. The highest BCUT2D eigenvalue weighted by atomic mass is 32.2. The monoisotopic (exact) mass is 254 g/mol. The zero-order valence-electron chi connectivity index (χ0n) is 8.89. The van der Waals surface area contributed by atoms with Gasteiger partial charge >= 0.3 is 6.03 Å². The number of urea groups is 1. The van der Waals surface area contributed by atoms with Gasteiger partial charge in [0, 0.05) is 28.5 Å². The largest absolute Gasteiger partial charge is 0.333 e. The van der Waals surface area contributed by atoms with Gasteiger partial charge in [-0.3, -0.25) is 0 Å². The van der Waals surface area contributed by atoms with E-state index in [4.69, 9.17) is 0 Å². The van der Waals surface area contributed by atoms with Crippen LogP contribution >= 0.6 is 23.1 Å². The van der Waals surface area contributed by atoms with E-state index in [1.165, 1.54) is 11.3 Å². The summed E-state index contributed by atoms with van der Waals surface area (Å²) in [5.41, 5.74) is 0. The number of nitrogens with zero attached hydrogens (tertiary/aromatic N) is 1. The second-order valence-electron chi connectivity index (χ2n) is 4.24. The molecule has 2 aliphatic heterocycles. The van der Waals surface area contributed by atoms with Gasteiger partial charge in [-0.05, 0) is 17.9 Å². The Morgan fingerprint density at radius 1 is 1.62 bits per heavy atom. The van der Waals surface area contributed by atoms with E-state index in [1.54, 1.807) is 11.3 Å². The molecule has 1 N–H and O–H groups in total. The number of amides is 2. The van der Waals surface area contributed by atoms with Crippen LogP contribution in [0.4, 0.5) is 4.79 Å². The van der Waals surface area contributed by atoms with Gasteiger partial charge in [0.15, 0.2) is 0 Å². The summed E-state index contributed by atoms with van der Waals surface area (Å²) >= 11 is 3.69. The van der Waals surface area contributed by atoms with E-state index < -0.39 is 0 Å². The van der Waals surface area contributed by atoms with E-state index in [-0.39, 0.29) is 6.03 Å². The number of carbonyl (C=O) groups is 1. The minimum absolute atomic E-state index is 0.112. The average molecular weight is 254 g/mol. The molecule has 0 radical (unpaired) electrons. The Balaban J connectivity index is 1.54. The third-order valence-corrected chi connectivity index (χ3v) is 5.42. The summed E-state index contributed by atoms with van der Waals surface area (Å²) in [5.74, 6) is 1.12. The van der Waals surface area contributed by atoms with Gasteiger partial charge in [0.25, 0.3) is 0 Å². The van der Waals surface area contributed by atoms with Gasteiger partial charge in [0.05, 0.1) is 6.54 Å². The van der Waals surface area contributed by atoms with E-state index in [0.29, 0.717) is 17.8 Å². The predicted octanol–water partition coefficient (Wildman–Crippen LogP) is 2.15. The molecular formula is C11H14N2OS2. The molecule has 2 fully saturated rings. The van der Waals surface area contributed by atoms with Crippen LogP contribution in [0.3, 0.4) is 0 Å². The van der Waals surface area contributed by atoms with Gasteiger partial charge in [0.2, 0.25) is 0 Å². The third kappa shape index (κ3) is 1.94. The first-order valence-electron chi connectivity index (χ1n) is 5.51. The summed E-state index contributed by atoms with van der Waals surface area (Å²) in [5, 5.41) is 5.73. The van der Waals surface area contributed by atoms with Crippen LogP contribution in [-0.2, 0) is 6.54 Å². The number of fused-ring (bicyclic) bond motifs is 2. The van der Waals surface area contributed by atoms with Gasteiger partial charge in [-0.25, -0.2) is 4.79 Å².